The Morgan fingerprint density at radius 2 is 1.92 bits per heavy atom. The summed E-state index contributed by atoms with van der Waals surface area (Å²) >= 11 is 0. The number of nitrogens with zero attached hydrogens (tertiary/aromatic N) is 3. The molecule has 1 aliphatic carbocycles. The molecule has 5 heteroatoms. The molecule has 0 bridgehead atoms. The fourth-order valence-electron chi connectivity index (χ4n) is 4.65. The number of nitrogens with two attached hydrogens (primary N) is 1. The number of fused-ring (bicyclic) bond motifs is 1. The molecule has 1 saturated heterocycles. The Morgan fingerprint density at radius 3 is 2.64 bits per heavy atom. The van der Waals surface area contributed by atoms with Crippen LogP contribution in [0.3, 0.4) is 0 Å². The van der Waals surface area contributed by atoms with Crippen molar-refractivity contribution in [1.29, 1.82) is 0 Å². The van der Waals surface area contributed by atoms with Gasteiger partial charge < -0.3 is 10.8 Å². The number of nitrogen functional groups attached to an aromatic ring is 1. The van der Waals surface area contributed by atoms with E-state index in [0.29, 0.717) is 17.8 Å². The van der Waals surface area contributed by atoms with Gasteiger partial charge in [0.25, 0.3) is 0 Å². The number of aromatic nitrogens is 2. The van der Waals surface area contributed by atoms with Gasteiger partial charge in [0.15, 0.2) is 0 Å². The van der Waals surface area contributed by atoms with Crippen molar-refractivity contribution < 1.29 is 5.11 Å². The van der Waals surface area contributed by atoms with Crippen molar-refractivity contribution in [3.8, 4) is 0 Å². The molecule has 2 fully saturated rings. The average molecular weight is 338 g/mol. The summed E-state index contributed by atoms with van der Waals surface area (Å²) in [6.07, 6.45) is 6.75. The molecule has 25 heavy (non-hydrogen) atoms. The highest BCUT2D eigenvalue weighted by molar-refractivity contribution is 5.29. The van der Waals surface area contributed by atoms with Gasteiger partial charge in [-0.05, 0) is 37.7 Å². The Bertz CT molecular complexity index is 730. The molecule has 4 rings (SSSR count). The average Bonchev–Trinajstić information content (AvgIpc) is 3.02. The lowest BCUT2D eigenvalue weighted by Gasteiger charge is -2.41. The smallest absolute Gasteiger partial charge is 0.219 e. The summed E-state index contributed by atoms with van der Waals surface area (Å²) in [6.45, 7) is 4.85. The lowest BCUT2D eigenvalue weighted by Crippen LogP contribution is -2.42. The highest BCUT2D eigenvalue weighted by Crippen LogP contribution is 2.48. The van der Waals surface area contributed by atoms with E-state index in [9.17, 15) is 5.11 Å². The first-order chi connectivity index (χ1) is 12.0. The molecule has 1 aromatic heterocycles. The Balaban J connectivity index is 1.53. The number of hydrogen-bond donors (Lipinski definition) is 2. The maximum Gasteiger partial charge on any atom is 0.219 e. The SMILES string of the molecule is Cc1ccc([C@]2(O)CCC[C@@H]3CN(Cc4cnc(N)nc4)C[C@@H]32)cc1. The monoisotopic (exact) mass is 338 g/mol. The number of benzene rings is 1. The third-order valence-corrected chi connectivity index (χ3v) is 5.95. The molecule has 0 spiro atoms. The molecular weight excluding hydrogens is 312 g/mol. The molecule has 0 radical (unpaired) electrons. The summed E-state index contributed by atoms with van der Waals surface area (Å²) in [7, 11) is 0. The number of aliphatic hydroxyl groups is 1. The molecule has 132 valence electrons. The zero-order valence-electron chi connectivity index (χ0n) is 14.7. The molecule has 1 aliphatic heterocycles. The molecule has 5 nitrogen and oxygen atoms in total. The summed E-state index contributed by atoms with van der Waals surface area (Å²) in [5.74, 6) is 1.15. The van der Waals surface area contributed by atoms with Gasteiger partial charge in [0.1, 0.15) is 0 Å². The second-order valence-electron chi connectivity index (χ2n) is 7.69. The van der Waals surface area contributed by atoms with Crippen molar-refractivity contribution >= 4 is 5.95 Å². The van der Waals surface area contributed by atoms with Crippen molar-refractivity contribution in [2.75, 3.05) is 18.8 Å². The normalized spacial score (nSPS) is 29.5. The van der Waals surface area contributed by atoms with Crippen molar-refractivity contribution in [3.05, 3.63) is 53.3 Å². The third kappa shape index (κ3) is 3.14. The Morgan fingerprint density at radius 1 is 1.20 bits per heavy atom. The zero-order valence-corrected chi connectivity index (χ0v) is 14.7. The third-order valence-electron chi connectivity index (χ3n) is 5.95. The van der Waals surface area contributed by atoms with Crippen LogP contribution in [0.2, 0.25) is 0 Å². The quantitative estimate of drug-likeness (QED) is 0.899. The van der Waals surface area contributed by atoms with Crippen LogP contribution in [0.15, 0.2) is 36.7 Å². The molecule has 3 atom stereocenters. The van der Waals surface area contributed by atoms with E-state index in [1.165, 1.54) is 12.0 Å². The van der Waals surface area contributed by atoms with E-state index in [1.807, 2.05) is 0 Å². The summed E-state index contributed by atoms with van der Waals surface area (Å²) in [5, 5.41) is 11.6. The topological polar surface area (TPSA) is 75.3 Å². The number of hydrogen-bond acceptors (Lipinski definition) is 5. The lowest BCUT2D eigenvalue weighted by atomic mass is 9.67. The van der Waals surface area contributed by atoms with Crippen LogP contribution in [-0.4, -0.2) is 33.1 Å². The minimum absolute atomic E-state index is 0.290. The van der Waals surface area contributed by atoms with Crippen LogP contribution in [0.25, 0.3) is 0 Å². The molecule has 2 aliphatic rings. The molecular formula is C20H26N4O. The highest BCUT2D eigenvalue weighted by Gasteiger charge is 2.49. The zero-order chi connectivity index (χ0) is 17.4. The molecule has 0 unspecified atom stereocenters. The van der Waals surface area contributed by atoms with Gasteiger partial charge in [-0.3, -0.25) is 4.90 Å². The number of aryl methyl sites for hydroxylation is 1. The predicted octanol–water partition coefficient (Wildman–Crippen LogP) is 2.49. The van der Waals surface area contributed by atoms with Gasteiger partial charge in [0, 0.05) is 43.5 Å². The Hall–Kier alpha value is -1.98. The van der Waals surface area contributed by atoms with E-state index in [0.717, 1.165) is 43.6 Å². The lowest BCUT2D eigenvalue weighted by molar-refractivity contribution is -0.0648. The van der Waals surface area contributed by atoms with E-state index < -0.39 is 5.60 Å². The van der Waals surface area contributed by atoms with Gasteiger partial charge in [-0.15, -0.1) is 0 Å². The van der Waals surface area contributed by atoms with Gasteiger partial charge in [0.05, 0.1) is 5.60 Å². The molecule has 1 saturated carbocycles. The number of likely N-dealkylation sites (tertiary alicyclic amines) is 1. The van der Waals surface area contributed by atoms with Crippen LogP contribution in [0.5, 0.6) is 0 Å². The van der Waals surface area contributed by atoms with Crippen LogP contribution in [0.4, 0.5) is 5.95 Å². The fraction of sp³-hybridized carbons (Fsp3) is 0.500. The van der Waals surface area contributed by atoms with Gasteiger partial charge >= 0.3 is 0 Å². The predicted molar refractivity (Wildman–Crippen MR) is 97.6 cm³/mol. The van der Waals surface area contributed by atoms with Crippen molar-refractivity contribution in [3.63, 3.8) is 0 Å². The summed E-state index contributed by atoms with van der Waals surface area (Å²) in [6, 6.07) is 8.42. The van der Waals surface area contributed by atoms with E-state index in [1.54, 1.807) is 12.4 Å². The first-order valence-corrected chi connectivity index (χ1v) is 9.13. The first-order valence-electron chi connectivity index (χ1n) is 9.13. The van der Waals surface area contributed by atoms with Crippen molar-refractivity contribution in [2.24, 2.45) is 11.8 Å². The van der Waals surface area contributed by atoms with Crippen LogP contribution in [0, 0.1) is 18.8 Å². The maximum absolute atomic E-state index is 11.6. The Kier molecular flexibility index (Phi) is 4.21. The van der Waals surface area contributed by atoms with E-state index in [4.69, 9.17) is 5.73 Å². The maximum atomic E-state index is 11.6. The molecule has 1 aromatic carbocycles. The van der Waals surface area contributed by atoms with Gasteiger partial charge in [-0.2, -0.15) is 0 Å². The van der Waals surface area contributed by atoms with Gasteiger partial charge in [0.2, 0.25) is 5.95 Å². The highest BCUT2D eigenvalue weighted by atomic mass is 16.3. The molecule has 2 heterocycles. The number of anilines is 1. The fourth-order valence-corrected chi connectivity index (χ4v) is 4.65. The molecule has 0 amide bonds. The summed E-state index contributed by atoms with van der Waals surface area (Å²) in [5.41, 5.74) is 8.25. The first kappa shape index (κ1) is 16.5. The second kappa shape index (κ2) is 6.39. The number of rotatable bonds is 3. The molecule has 3 N–H and O–H groups in total. The van der Waals surface area contributed by atoms with Crippen LogP contribution in [-0.2, 0) is 12.1 Å². The van der Waals surface area contributed by atoms with Crippen molar-refractivity contribution in [2.45, 2.75) is 38.3 Å². The van der Waals surface area contributed by atoms with Gasteiger partial charge in [-0.1, -0.05) is 29.8 Å². The summed E-state index contributed by atoms with van der Waals surface area (Å²) in [4.78, 5) is 10.6. The standard InChI is InChI=1S/C20H26N4O/c1-14-4-6-17(7-5-14)20(25)8-2-3-16-12-24(13-18(16)20)11-15-9-22-19(21)23-10-15/h4-7,9-10,16,18,25H,2-3,8,11-13H2,1H3,(H2,21,22,23)/t16-,18+,20-/m1/s1. The van der Waals surface area contributed by atoms with E-state index in [-0.39, 0.29) is 0 Å². The minimum atomic E-state index is -0.705. The van der Waals surface area contributed by atoms with Crippen LogP contribution < -0.4 is 5.73 Å². The Labute approximate surface area is 148 Å². The van der Waals surface area contributed by atoms with Crippen LogP contribution in [0.1, 0.15) is 36.0 Å². The van der Waals surface area contributed by atoms with Gasteiger partial charge in [-0.25, -0.2) is 9.97 Å². The van der Waals surface area contributed by atoms with E-state index in [2.05, 4.69) is 46.1 Å². The largest absolute Gasteiger partial charge is 0.385 e. The molecule has 2 aromatic rings. The second-order valence-corrected chi connectivity index (χ2v) is 7.69. The minimum Gasteiger partial charge on any atom is -0.385 e. The summed E-state index contributed by atoms with van der Waals surface area (Å²) < 4.78 is 0. The van der Waals surface area contributed by atoms with Crippen molar-refractivity contribution in [1.82, 2.24) is 14.9 Å². The van der Waals surface area contributed by atoms with Crippen LogP contribution >= 0.6 is 0 Å². The van der Waals surface area contributed by atoms with E-state index >= 15 is 0 Å².